The molecular weight excluding hydrogens is 238 g/mol. The zero-order chi connectivity index (χ0) is 12.3. The molecule has 0 amide bonds. The summed E-state index contributed by atoms with van der Waals surface area (Å²) in [6.07, 6.45) is 3.03. The van der Waals surface area contributed by atoms with Crippen molar-refractivity contribution in [2.24, 2.45) is 0 Å². The fourth-order valence-corrected chi connectivity index (χ4v) is 2.19. The Labute approximate surface area is 103 Å². The van der Waals surface area contributed by atoms with E-state index >= 15 is 0 Å². The number of aryl methyl sites for hydroxylation is 1. The van der Waals surface area contributed by atoms with Crippen molar-refractivity contribution in [2.45, 2.75) is 17.6 Å². The van der Waals surface area contributed by atoms with Crippen LogP contribution >= 0.6 is 11.8 Å². The Morgan fingerprint density at radius 3 is 2.82 bits per heavy atom. The maximum Gasteiger partial charge on any atom is 0.337 e. The van der Waals surface area contributed by atoms with E-state index in [1.807, 2.05) is 13.0 Å². The highest BCUT2D eigenvalue weighted by molar-refractivity contribution is 7.98. The van der Waals surface area contributed by atoms with Gasteiger partial charge in [-0.05, 0) is 25.1 Å². The lowest BCUT2D eigenvalue weighted by molar-refractivity contribution is 0.0696. The summed E-state index contributed by atoms with van der Waals surface area (Å²) < 4.78 is 5.18. The molecule has 5 heteroatoms. The molecule has 0 bridgehead atoms. The Kier molecular flexibility index (Phi) is 3.49. The number of aromatic nitrogens is 1. The number of thioether (sulfide) groups is 1. The van der Waals surface area contributed by atoms with Gasteiger partial charge in [0, 0.05) is 16.8 Å². The third-order valence-electron chi connectivity index (χ3n) is 2.26. The molecular formula is C12H11NO3S. The summed E-state index contributed by atoms with van der Waals surface area (Å²) in [5.41, 5.74) is 1.05. The van der Waals surface area contributed by atoms with Gasteiger partial charge in [-0.2, -0.15) is 0 Å². The van der Waals surface area contributed by atoms with Crippen LogP contribution in [0.25, 0.3) is 0 Å². The van der Waals surface area contributed by atoms with Gasteiger partial charge in [0.2, 0.25) is 0 Å². The second-order valence-electron chi connectivity index (χ2n) is 3.47. The number of carboxylic acids is 1. The molecule has 4 nitrogen and oxygen atoms in total. The minimum atomic E-state index is -0.956. The smallest absolute Gasteiger partial charge is 0.337 e. The molecule has 1 N–H and O–H groups in total. The van der Waals surface area contributed by atoms with Crippen LogP contribution < -0.4 is 0 Å². The fraction of sp³-hybridized carbons (Fsp3) is 0.167. The van der Waals surface area contributed by atoms with Crippen molar-refractivity contribution in [3.63, 3.8) is 0 Å². The van der Waals surface area contributed by atoms with Gasteiger partial charge in [-0.15, -0.1) is 11.8 Å². The summed E-state index contributed by atoms with van der Waals surface area (Å²) in [5.74, 6) is 0.625. The number of furan rings is 1. The second kappa shape index (κ2) is 5.05. The first-order chi connectivity index (χ1) is 8.16. The van der Waals surface area contributed by atoms with Crippen molar-refractivity contribution in [1.29, 1.82) is 0 Å². The largest absolute Gasteiger partial charge is 0.478 e. The van der Waals surface area contributed by atoms with Gasteiger partial charge in [0.05, 0.1) is 17.5 Å². The first-order valence-electron chi connectivity index (χ1n) is 5.02. The van der Waals surface area contributed by atoms with E-state index in [0.29, 0.717) is 5.75 Å². The number of aromatic carboxylic acids is 1. The topological polar surface area (TPSA) is 63.3 Å². The number of hydrogen-bond acceptors (Lipinski definition) is 4. The molecule has 17 heavy (non-hydrogen) atoms. The molecule has 0 aliphatic rings. The van der Waals surface area contributed by atoms with Gasteiger partial charge in [0.15, 0.2) is 0 Å². The van der Waals surface area contributed by atoms with Crippen molar-refractivity contribution in [3.05, 3.63) is 47.7 Å². The number of rotatable bonds is 4. The molecule has 0 fully saturated rings. The zero-order valence-corrected chi connectivity index (χ0v) is 10.0. The van der Waals surface area contributed by atoms with Crippen LogP contribution in [0.2, 0.25) is 0 Å². The summed E-state index contributed by atoms with van der Waals surface area (Å²) in [6.45, 7) is 1.91. The molecule has 0 radical (unpaired) electrons. The van der Waals surface area contributed by atoms with Crippen LogP contribution in [-0.4, -0.2) is 16.1 Å². The van der Waals surface area contributed by atoms with Gasteiger partial charge >= 0.3 is 5.97 Å². The molecule has 2 aromatic rings. The highest BCUT2D eigenvalue weighted by atomic mass is 32.2. The molecule has 0 aliphatic carbocycles. The predicted octanol–water partition coefficient (Wildman–Crippen LogP) is 2.97. The molecule has 0 aromatic carbocycles. The van der Waals surface area contributed by atoms with E-state index in [-0.39, 0.29) is 5.56 Å². The minimum absolute atomic E-state index is 0.207. The van der Waals surface area contributed by atoms with Crippen molar-refractivity contribution < 1.29 is 14.3 Å². The quantitative estimate of drug-likeness (QED) is 0.844. The average Bonchev–Trinajstić information content (AvgIpc) is 2.73. The van der Waals surface area contributed by atoms with Crippen molar-refractivity contribution in [1.82, 2.24) is 4.98 Å². The Morgan fingerprint density at radius 2 is 2.29 bits per heavy atom. The molecule has 0 atom stereocenters. The number of carbonyl (C=O) groups is 1. The zero-order valence-electron chi connectivity index (χ0n) is 9.21. The molecule has 2 rings (SSSR count). The van der Waals surface area contributed by atoms with E-state index in [9.17, 15) is 4.79 Å². The molecule has 0 saturated carbocycles. The third-order valence-corrected chi connectivity index (χ3v) is 3.43. The van der Waals surface area contributed by atoms with Gasteiger partial charge < -0.3 is 9.52 Å². The summed E-state index contributed by atoms with van der Waals surface area (Å²) >= 11 is 1.62. The predicted molar refractivity (Wildman–Crippen MR) is 64.2 cm³/mol. The van der Waals surface area contributed by atoms with Gasteiger partial charge in [0.1, 0.15) is 5.76 Å². The summed E-state index contributed by atoms with van der Waals surface area (Å²) in [6, 6.07) is 5.20. The van der Waals surface area contributed by atoms with Crippen molar-refractivity contribution in [3.8, 4) is 0 Å². The lowest BCUT2D eigenvalue weighted by atomic mass is 10.2. The molecule has 0 aliphatic heterocycles. The maximum absolute atomic E-state index is 10.6. The van der Waals surface area contributed by atoms with E-state index in [4.69, 9.17) is 9.52 Å². The molecule has 2 aromatic heterocycles. The number of hydrogen-bond donors (Lipinski definition) is 1. The highest BCUT2D eigenvalue weighted by Crippen LogP contribution is 2.25. The number of pyridine rings is 1. The summed E-state index contributed by atoms with van der Waals surface area (Å²) in [5, 5.41) is 8.73. The van der Waals surface area contributed by atoms with E-state index in [0.717, 1.165) is 16.3 Å². The normalized spacial score (nSPS) is 10.4. The second-order valence-corrected chi connectivity index (χ2v) is 4.49. The van der Waals surface area contributed by atoms with Crippen LogP contribution in [0.1, 0.15) is 21.8 Å². The van der Waals surface area contributed by atoms with E-state index in [1.54, 1.807) is 30.2 Å². The van der Waals surface area contributed by atoms with Gasteiger partial charge in [-0.3, -0.25) is 4.98 Å². The summed E-state index contributed by atoms with van der Waals surface area (Å²) in [7, 11) is 0. The SMILES string of the molecule is Cc1occc1SCc1ccc(C(=O)O)cn1. The van der Waals surface area contributed by atoms with E-state index < -0.39 is 5.97 Å². The summed E-state index contributed by atoms with van der Waals surface area (Å²) in [4.78, 5) is 15.8. The standard InChI is InChI=1S/C12H11NO3S/c1-8-11(4-5-16-8)17-7-10-3-2-9(6-13-10)12(14)15/h2-6H,7H2,1H3,(H,14,15). The average molecular weight is 249 g/mol. The number of nitrogens with zero attached hydrogens (tertiary/aromatic N) is 1. The monoisotopic (exact) mass is 249 g/mol. The lowest BCUT2D eigenvalue weighted by Crippen LogP contribution is -1.97. The van der Waals surface area contributed by atoms with Gasteiger partial charge in [0.25, 0.3) is 0 Å². The first kappa shape index (κ1) is 11.7. The third kappa shape index (κ3) is 2.88. The molecule has 0 spiro atoms. The minimum Gasteiger partial charge on any atom is -0.478 e. The Bertz CT molecular complexity index is 519. The van der Waals surface area contributed by atoms with Crippen LogP contribution in [0.5, 0.6) is 0 Å². The van der Waals surface area contributed by atoms with Crippen LogP contribution in [0, 0.1) is 6.92 Å². The fourth-order valence-electron chi connectivity index (χ4n) is 1.31. The number of carboxylic acid groups (broad SMARTS) is 1. The van der Waals surface area contributed by atoms with Gasteiger partial charge in [-0.25, -0.2) is 4.79 Å². The molecule has 88 valence electrons. The molecule has 0 unspecified atom stereocenters. The first-order valence-corrected chi connectivity index (χ1v) is 6.00. The van der Waals surface area contributed by atoms with E-state index in [1.165, 1.54) is 6.20 Å². The highest BCUT2D eigenvalue weighted by Gasteiger charge is 2.05. The van der Waals surface area contributed by atoms with Crippen LogP contribution in [0.4, 0.5) is 0 Å². The maximum atomic E-state index is 10.6. The van der Waals surface area contributed by atoms with Gasteiger partial charge in [-0.1, -0.05) is 0 Å². The van der Waals surface area contributed by atoms with Crippen LogP contribution in [0.15, 0.2) is 40.0 Å². The van der Waals surface area contributed by atoms with Crippen molar-refractivity contribution >= 4 is 17.7 Å². The lowest BCUT2D eigenvalue weighted by Gasteiger charge is -2.00. The van der Waals surface area contributed by atoms with Crippen LogP contribution in [0.3, 0.4) is 0 Å². The Hall–Kier alpha value is -1.75. The Balaban J connectivity index is 2.00. The van der Waals surface area contributed by atoms with Crippen molar-refractivity contribution in [2.75, 3.05) is 0 Å². The molecule has 0 saturated heterocycles. The van der Waals surface area contributed by atoms with Crippen LogP contribution in [-0.2, 0) is 5.75 Å². The van der Waals surface area contributed by atoms with E-state index in [2.05, 4.69) is 4.98 Å². The Morgan fingerprint density at radius 1 is 1.47 bits per heavy atom. The molecule has 2 heterocycles.